The number of rotatable bonds is 4. The highest BCUT2D eigenvalue weighted by Gasteiger charge is 2.61. The molecule has 1 fully saturated rings. The van der Waals surface area contributed by atoms with Crippen LogP contribution in [-0.2, 0) is 4.79 Å². The number of aliphatic hydroxyl groups is 1. The summed E-state index contributed by atoms with van der Waals surface area (Å²) in [4.78, 5) is 15.6. The van der Waals surface area contributed by atoms with E-state index in [1.54, 1.807) is 12.1 Å². The van der Waals surface area contributed by atoms with E-state index in [9.17, 15) is 18.7 Å². The Morgan fingerprint density at radius 3 is 2.77 bits per heavy atom. The zero-order valence-corrected chi connectivity index (χ0v) is 11.4. The van der Waals surface area contributed by atoms with Crippen LogP contribution < -0.4 is 5.32 Å². The second kappa shape index (κ2) is 5.13. The second-order valence-corrected chi connectivity index (χ2v) is 5.25. The van der Waals surface area contributed by atoms with Crippen molar-refractivity contribution in [2.45, 2.75) is 30.8 Å². The van der Waals surface area contributed by atoms with Gasteiger partial charge < -0.3 is 14.9 Å². The van der Waals surface area contributed by atoms with Gasteiger partial charge in [-0.05, 0) is 31.4 Å². The van der Waals surface area contributed by atoms with Gasteiger partial charge in [-0.1, -0.05) is 17.3 Å². The first-order valence-electron chi connectivity index (χ1n) is 6.71. The van der Waals surface area contributed by atoms with Crippen LogP contribution in [0.15, 0.2) is 35.2 Å². The Balaban J connectivity index is 1.78. The van der Waals surface area contributed by atoms with E-state index >= 15 is 0 Å². The predicted octanol–water partition coefficient (Wildman–Crippen LogP) is 2.23. The highest BCUT2D eigenvalue weighted by molar-refractivity contribution is 5.97. The molecule has 22 heavy (non-hydrogen) atoms. The van der Waals surface area contributed by atoms with Gasteiger partial charge in [0.15, 0.2) is 0 Å². The molecule has 1 aromatic carbocycles. The van der Waals surface area contributed by atoms with E-state index in [4.69, 9.17) is 0 Å². The molecule has 2 N–H and O–H groups in total. The summed E-state index contributed by atoms with van der Waals surface area (Å²) in [7, 11) is 0. The van der Waals surface area contributed by atoms with Gasteiger partial charge in [0.25, 0.3) is 5.91 Å². The normalized spacial score (nSPS) is 16.9. The third kappa shape index (κ3) is 2.35. The van der Waals surface area contributed by atoms with Gasteiger partial charge >= 0.3 is 5.92 Å². The van der Waals surface area contributed by atoms with Gasteiger partial charge in [-0.2, -0.15) is 13.8 Å². The van der Waals surface area contributed by atoms with Gasteiger partial charge in [0.05, 0.1) is 0 Å². The van der Waals surface area contributed by atoms with Crippen LogP contribution in [0.4, 0.5) is 14.5 Å². The SMILES string of the molecule is O=C(Nc1cccc(-c2ncon2)c1)C(F)(F)C1(O)CCC1. The second-order valence-electron chi connectivity index (χ2n) is 5.25. The summed E-state index contributed by atoms with van der Waals surface area (Å²) in [5, 5.41) is 15.5. The highest BCUT2D eigenvalue weighted by atomic mass is 19.3. The van der Waals surface area contributed by atoms with Crippen LogP contribution in [0.1, 0.15) is 19.3 Å². The van der Waals surface area contributed by atoms with Crippen LogP contribution in [-0.4, -0.2) is 32.7 Å². The first kappa shape index (κ1) is 14.6. The Morgan fingerprint density at radius 1 is 1.41 bits per heavy atom. The molecule has 1 aromatic heterocycles. The van der Waals surface area contributed by atoms with Crippen molar-refractivity contribution in [3.63, 3.8) is 0 Å². The molecule has 0 atom stereocenters. The molecule has 0 bridgehead atoms. The Morgan fingerprint density at radius 2 is 2.18 bits per heavy atom. The van der Waals surface area contributed by atoms with E-state index in [-0.39, 0.29) is 24.4 Å². The fourth-order valence-corrected chi connectivity index (χ4v) is 2.28. The third-order valence-electron chi connectivity index (χ3n) is 3.79. The molecule has 0 radical (unpaired) electrons. The van der Waals surface area contributed by atoms with Crippen molar-refractivity contribution in [2.24, 2.45) is 0 Å². The number of hydrogen-bond donors (Lipinski definition) is 2. The fourth-order valence-electron chi connectivity index (χ4n) is 2.28. The van der Waals surface area contributed by atoms with Crippen molar-refractivity contribution in [2.75, 3.05) is 5.32 Å². The van der Waals surface area contributed by atoms with E-state index in [2.05, 4.69) is 20.0 Å². The van der Waals surface area contributed by atoms with Crippen LogP contribution in [0.3, 0.4) is 0 Å². The number of nitrogens with zero attached hydrogens (tertiary/aromatic N) is 2. The summed E-state index contributed by atoms with van der Waals surface area (Å²) in [6, 6.07) is 6.13. The molecule has 2 aromatic rings. The summed E-state index contributed by atoms with van der Waals surface area (Å²) >= 11 is 0. The quantitative estimate of drug-likeness (QED) is 0.904. The minimum atomic E-state index is -3.84. The van der Waals surface area contributed by atoms with Crippen LogP contribution >= 0.6 is 0 Å². The average molecular weight is 309 g/mol. The molecule has 6 nitrogen and oxygen atoms in total. The summed E-state index contributed by atoms with van der Waals surface area (Å²) in [6.07, 6.45) is 1.44. The first-order valence-corrected chi connectivity index (χ1v) is 6.71. The van der Waals surface area contributed by atoms with Gasteiger partial charge in [0, 0.05) is 11.3 Å². The van der Waals surface area contributed by atoms with Gasteiger partial charge in [-0.25, -0.2) is 0 Å². The Bertz CT molecular complexity index is 684. The topological polar surface area (TPSA) is 88.3 Å². The van der Waals surface area contributed by atoms with Crippen molar-refractivity contribution >= 4 is 11.6 Å². The number of aromatic nitrogens is 2. The van der Waals surface area contributed by atoms with Gasteiger partial charge in [-0.15, -0.1) is 0 Å². The number of nitrogens with one attached hydrogen (secondary N) is 1. The summed E-state index contributed by atoms with van der Waals surface area (Å²) < 4.78 is 32.6. The average Bonchev–Trinajstić information content (AvgIpc) is 2.99. The van der Waals surface area contributed by atoms with Crippen molar-refractivity contribution in [3.8, 4) is 11.4 Å². The Labute approximate surface area is 124 Å². The molecule has 116 valence electrons. The van der Waals surface area contributed by atoms with Crippen molar-refractivity contribution in [3.05, 3.63) is 30.7 Å². The molecule has 0 unspecified atom stereocenters. The fraction of sp³-hybridized carbons (Fsp3) is 0.357. The zero-order valence-electron chi connectivity index (χ0n) is 11.4. The molecule has 8 heteroatoms. The Hall–Kier alpha value is -2.35. The van der Waals surface area contributed by atoms with Crippen LogP contribution in [0.2, 0.25) is 0 Å². The predicted molar refractivity (Wildman–Crippen MR) is 72.1 cm³/mol. The number of benzene rings is 1. The lowest BCUT2D eigenvalue weighted by atomic mass is 9.75. The summed E-state index contributed by atoms with van der Waals surface area (Å²) in [5.74, 6) is -5.09. The van der Waals surface area contributed by atoms with Crippen LogP contribution in [0, 0.1) is 0 Å². The van der Waals surface area contributed by atoms with Gasteiger partial charge in [-0.3, -0.25) is 4.79 Å². The van der Waals surface area contributed by atoms with E-state index < -0.39 is 17.4 Å². The molecule has 0 saturated heterocycles. The number of amides is 1. The molecule has 1 amide bonds. The minimum absolute atomic E-state index is 0.0870. The molecule has 1 aliphatic carbocycles. The monoisotopic (exact) mass is 309 g/mol. The standard InChI is InChI=1S/C14H13F2N3O3/c15-14(16,13(21)5-2-6-13)12(20)18-10-4-1-3-9(7-10)11-17-8-22-19-11/h1,3-4,7-8,21H,2,5-6H2,(H,18,20). The number of halogens is 2. The van der Waals surface area contributed by atoms with Crippen molar-refractivity contribution in [1.82, 2.24) is 10.1 Å². The van der Waals surface area contributed by atoms with Crippen molar-refractivity contribution in [1.29, 1.82) is 0 Å². The lowest BCUT2D eigenvalue weighted by Gasteiger charge is -2.41. The molecular formula is C14H13F2N3O3. The maximum absolute atomic E-state index is 14.0. The minimum Gasteiger partial charge on any atom is -0.383 e. The number of hydrogen-bond acceptors (Lipinski definition) is 5. The van der Waals surface area contributed by atoms with Crippen LogP contribution in [0.25, 0.3) is 11.4 Å². The number of carbonyl (C=O) groups excluding carboxylic acids is 1. The summed E-state index contributed by atoms with van der Waals surface area (Å²) in [5.41, 5.74) is -1.57. The number of alkyl halides is 2. The smallest absolute Gasteiger partial charge is 0.352 e. The molecule has 1 saturated carbocycles. The highest BCUT2D eigenvalue weighted by Crippen LogP contribution is 2.44. The number of anilines is 1. The molecule has 1 aliphatic rings. The largest absolute Gasteiger partial charge is 0.383 e. The zero-order chi connectivity index (χ0) is 15.8. The maximum Gasteiger partial charge on any atom is 0.352 e. The number of carbonyl (C=O) groups is 1. The summed E-state index contributed by atoms with van der Waals surface area (Å²) in [6.45, 7) is 0. The molecule has 3 rings (SSSR count). The molecule has 0 aliphatic heterocycles. The maximum atomic E-state index is 14.0. The van der Waals surface area contributed by atoms with Crippen molar-refractivity contribution < 1.29 is 23.2 Å². The van der Waals surface area contributed by atoms with Crippen LogP contribution in [0.5, 0.6) is 0 Å². The van der Waals surface area contributed by atoms with Gasteiger partial charge in [0.1, 0.15) is 5.60 Å². The third-order valence-corrected chi connectivity index (χ3v) is 3.79. The van der Waals surface area contributed by atoms with Gasteiger partial charge in [0.2, 0.25) is 12.2 Å². The van der Waals surface area contributed by atoms with E-state index in [1.807, 2.05) is 0 Å². The molecule has 1 heterocycles. The molecular weight excluding hydrogens is 296 g/mol. The van der Waals surface area contributed by atoms with E-state index in [0.717, 1.165) is 6.39 Å². The lowest BCUT2D eigenvalue weighted by molar-refractivity contribution is -0.212. The van der Waals surface area contributed by atoms with E-state index in [1.165, 1.54) is 12.1 Å². The lowest BCUT2D eigenvalue weighted by Crippen LogP contribution is -2.59. The molecule has 0 spiro atoms. The first-order chi connectivity index (χ1) is 10.4. The van der Waals surface area contributed by atoms with E-state index in [0.29, 0.717) is 12.0 Å². The Kier molecular flexibility index (Phi) is 3.40.